The lowest BCUT2D eigenvalue weighted by Crippen LogP contribution is -2.47. The first kappa shape index (κ1) is 19.4. The first-order valence-electron chi connectivity index (χ1n) is 8.10. The Hall–Kier alpha value is -1.68. The second kappa shape index (κ2) is 8.25. The molecule has 0 saturated carbocycles. The molecule has 0 aliphatic heterocycles. The van der Waals surface area contributed by atoms with Crippen LogP contribution in [0.25, 0.3) is 0 Å². The molecule has 0 aliphatic rings. The van der Waals surface area contributed by atoms with Crippen LogP contribution >= 0.6 is 0 Å². The van der Waals surface area contributed by atoms with Gasteiger partial charge in [-0.15, -0.1) is 0 Å². The summed E-state index contributed by atoms with van der Waals surface area (Å²) < 4.78 is 5.58. The summed E-state index contributed by atoms with van der Waals surface area (Å²) in [5.74, 6) is -0.172. The Balaban J connectivity index is 3.08. The van der Waals surface area contributed by atoms with Crippen LogP contribution in [0.4, 0.5) is 0 Å². The largest absolute Gasteiger partial charge is 0.459 e. The molecule has 0 bridgehead atoms. The summed E-state index contributed by atoms with van der Waals surface area (Å²) in [6.45, 7) is 9.58. The minimum Gasteiger partial charge on any atom is -0.459 e. The van der Waals surface area contributed by atoms with Crippen LogP contribution < -0.4 is 0 Å². The topological polar surface area (TPSA) is 46.6 Å². The molecule has 0 heterocycles. The van der Waals surface area contributed by atoms with Crippen molar-refractivity contribution in [3.63, 3.8) is 0 Å². The maximum atomic E-state index is 12.6. The SMILES string of the molecule is CC(C)[C@@H](C(=O)OC(C)(C)C)N(C)[C@@H](CC=O)c1ccccc1. The Morgan fingerprint density at radius 3 is 2.22 bits per heavy atom. The fraction of sp³-hybridized carbons (Fsp3) is 0.579. The Labute approximate surface area is 139 Å². The van der Waals surface area contributed by atoms with E-state index in [4.69, 9.17) is 4.74 Å². The Kier molecular flexibility index (Phi) is 6.95. The van der Waals surface area contributed by atoms with E-state index in [-0.39, 0.29) is 17.9 Å². The van der Waals surface area contributed by atoms with Crippen molar-refractivity contribution in [2.24, 2.45) is 5.92 Å². The van der Waals surface area contributed by atoms with Crippen LogP contribution in [0.5, 0.6) is 0 Å². The van der Waals surface area contributed by atoms with Crippen LogP contribution in [0.15, 0.2) is 30.3 Å². The molecule has 0 saturated heterocycles. The van der Waals surface area contributed by atoms with Gasteiger partial charge in [0.05, 0.1) is 0 Å². The van der Waals surface area contributed by atoms with Crippen molar-refractivity contribution in [2.45, 2.75) is 58.7 Å². The average Bonchev–Trinajstić information content (AvgIpc) is 2.43. The van der Waals surface area contributed by atoms with Gasteiger partial charge in [0.2, 0.25) is 0 Å². The number of nitrogens with zero attached hydrogens (tertiary/aromatic N) is 1. The molecule has 4 nitrogen and oxygen atoms in total. The van der Waals surface area contributed by atoms with Crippen LogP contribution in [0.2, 0.25) is 0 Å². The zero-order valence-electron chi connectivity index (χ0n) is 15.1. The molecule has 128 valence electrons. The fourth-order valence-corrected chi connectivity index (χ4v) is 2.77. The third kappa shape index (κ3) is 5.79. The van der Waals surface area contributed by atoms with Crippen molar-refractivity contribution < 1.29 is 14.3 Å². The Morgan fingerprint density at radius 2 is 1.78 bits per heavy atom. The summed E-state index contributed by atoms with van der Waals surface area (Å²) in [6.07, 6.45) is 1.24. The number of carbonyl (C=O) groups excluding carboxylic acids is 2. The van der Waals surface area contributed by atoms with E-state index in [9.17, 15) is 9.59 Å². The van der Waals surface area contributed by atoms with Gasteiger partial charge in [-0.25, -0.2) is 0 Å². The fourth-order valence-electron chi connectivity index (χ4n) is 2.77. The van der Waals surface area contributed by atoms with Crippen molar-refractivity contribution in [3.05, 3.63) is 35.9 Å². The van der Waals surface area contributed by atoms with Gasteiger partial charge in [-0.2, -0.15) is 0 Å². The maximum Gasteiger partial charge on any atom is 0.324 e. The number of benzene rings is 1. The molecule has 0 spiro atoms. The van der Waals surface area contributed by atoms with Gasteiger partial charge in [-0.3, -0.25) is 9.69 Å². The minimum absolute atomic E-state index is 0.0766. The third-order valence-corrected chi connectivity index (χ3v) is 3.71. The molecule has 2 atom stereocenters. The van der Waals surface area contributed by atoms with Crippen molar-refractivity contribution in [3.8, 4) is 0 Å². The highest BCUT2D eigenvalue weighted by atomic mass is 16.6. The summed E-state index contributed by atoms with van der Waals surface area (Å²) in [4.78, 5) is 25.7. The van der Waals surface area contributed by atoms with Gasteiger partial charge < -0.3 is 9.53 Å². The molecule has 0 radical (unpaired) electrons. The molecule has 0 N–H and O–H groups in total. The highest BCUT2D eigenvalue weighted by Crippen LogP contribution is 2.28. The normalized spacial score (nSPS) is 14.6. The zero-order chi connectivity index (χ0) is 17.6. The first-order chi connectivity index (χ1) is 10.7. The average molecular weight is 319 g/mol. The van der Waals surface area contributed by atoms with Gasteiger partial charge in [0.15, 0.2) is 0 Å². The predicted octanol–water partition coefficient (Wildman–Crippen LogP) is 3.61. The van der Waals surface area contributed by atoms with Gasteiger partial charge in [-0.1, -0.05) is 44.2 Å². The molecule has 0 amide bonds. The number of ether oxygens (including phenoxy) is 1. The quantitative estimate of drug-likeness (QED) is 0.569. The Morgan fingerprint density at radius 1 is 1.22 bits per heavy atom. The third-order valence-electron chi connectivity index (χ3n) is 3.71. The van der Waals surface area contributed by atoms with Gasteiger partial charge in [0, 0.05) is 12.5 Å². The Bertz CT molecular complexity index is 505. The number of hydrogen-bond acceptors (Lipinski definition) is 4. The number of rotatable bonds is 7. The van der Waals surface area contributed by atoms with Crippen LogP contribution in [0, 0.1) is 5.92 Å². The first-order valence-corrected chi connectivity index (χ1v) is 8.10. The molecule has 1 aromatic rings. The number of carbonyl (C=O) groups is 2. The van der Waals surface area contributed by atoms with Crippen LogP contribution in [-0.2, 0) is 14.3 Å². The minimum atomic E-state index is -0.530. The van der Waals surface area contributed by atoms with Gasteiger partial charge in [0.25, 0.3) is 0 Å². The van der Waals surface area contributed by atoms with Crippen LogP contribution in [0.3, 0.4) is 0 Å². The molecule has 23 heavy (non-hydrogen) atoms. The molecular formula is C19H29NO3. The van der Waals surface area contributed by atoms with Crippen molar-refractivity contribution in [2.75, 3.05) is 7.05 Å². The summed E-state index contributed by atoms with van der Waals surface area (Å²) in [6, 6.07) is 9.24. The second-order valence-electron chi connectivity index (χ2n) is 7.22. The van der Waals surface area contributed by atoms with E-state index in [1.807, 2.05) is 76.9 Å². The van der Waals surface area contributed by atoms with Gasteiger partial charge in [-0.05, 0) is 39.3 Å². The monoisotopic (exact) mass is 319 g/mol. The smallest absolute Gasteiger partial charge is 0.324 e. The number of aldehydes is 1. The van der Waals surface area contributed by atoms with Gasteiger partial charge >= 0.3 is 5.97 Å². The molecule has 0 fully saturated rings. The van der Waals surface area contributed by atoms with E-state index >= 15 is 0 Å². The number of hydrogen-bond donors (Lipinski definition) is 0. The molecule has 4 heteroatoms. The number of esters is 1. The lowest BCUT2D eigenvalue weighted by molar-refractivity contribution is -0.164. The molecule has 0 aromatic heterocycles. The second-order valence-corrected chi connectivity index (χ2v) is 7.22. The summed E-state index contributed by atoms with van der Waals surface area (Å²) >= 11 is 0. The van der Waals surface area contributed by atoms with E-state index in [0.717, 1.165) is 11.8 Å². The van der Waals surface area contributed by atoms with E-state index in [2.05, 4.69) is 0 Å². The number of likely N-dealkylation sites (N-methyl/N-ethyl adjacent to an activating group) is 1. The summed E-state index contributed by atoms with van der Waals surface area (Å²) in [5, 5.41) is 0. The van der Waals surface area contributed by atoms with E-state index in [0.29, 0.717) is 6.42 Å². The molecule has 1 aromatic carbocycles. The summed E-state index contributed by atoms with van der Waals surface area (Å²) in [7, 11) is 1.88. The highest BCUT2D eigenvalue weighted by Gasteiger charge is 2.34. The van der Waals surface area contributed by atoms with E-state index in [1.54, 1.807) is 0 Å². The highest BCUT2D eigenvalue weighted by molar-refractivity contribution is 5.76. The standard InChI is InChI=1S/C19H29NO3/c1-14(2)17(18(22)23-19(3,4)5)20(6)16(12-13-21)15-10-8-7-9-11-15/h7-11,13-14,16-17H,12H2,1-6H3/t16-,17-/m0/s1. The predicted molar refractivity (Wildman–Crippen MR) is 92.1 cm³/mol. The molecular weight excluding hydrogens is 290 g/mol. The summed E-state index contributed by atoms with van der Waals surface area (Å²) in [5.41, 5.74) is 0.495. The molecule has 1 rings (SSSR count). The van der Waals surface area contributed by atoms with Crippen molar-refractivity contribution >= 4 is 12.3 Å². The molecule has 0 aliphatic carbocycles. The van der Waals surface area contributed by atoms with Crippen molar-refractivity contribution in [1.82, 2.24) is 4.90 Å². The van der Waals surface area contributed by atoms with Crippen LogP contribution in [-0.4, -0.2) is 35.8 Å². The van der Waals surface area contributed by atoms with Crippen LogP contribution in [0.1, 0.15) is 52.6 Å². The van der Waals surface area contributed by atoms with Gasteiger partial charge in [0.1, 0.15) is 17.9 Å². The lowest BCUT2D eigenvalue weighted by Gasteiger charge is -2.36. The van der Waals surface area contributed by atoms with E-state index < -0.39 is 11.6 Å². The molecule has 0 unspecified atom stereocenters. The lowest BCUT2D eigenvalue weighted by atomic mass is 9.96. The maximum absolute atomic E-state index is 12.6. The van der Waals surface area contributed by atoms with E-state index in [1.165, 1.54) is 0 Å². The zero-order valence-corrected chi connectivity index (χ0v) is 15.1. The van der Waals surface area contributed by atoms with Crippen molar-refractivity contribution in [1.29, 1.82) is 0 Å².